The minimum absolute atomic E-state index is 0.283. The normalized spacial score (nSPS) is 17.9. The first kappa shape index (κ1) is 19.5. The molecule has 6 rings (SSSR count). The standard InChI is InChI=1S/C28H28N4/c1-3-7-25-17-21(9-11-23(25)5-1)19-27-29-15-16-32(27)28(30-13-14-31-28)20-22-10-12-24-6-2-4-8-26(24)18-22/h1-12,17-18,30-31H,13-16,19-20H2. The zero-order valence-electron chi connectivity index (χ0n) is 18.2. The molecule has 4 aromatic carbocycles. The molecule has 4 aromatic rings. The van der Waals surface area contributed by atoms with Crippen LogP contribution in [-0.4, -0.2) is 42.7 Å². The van der Waals surface area contributed by atoms with E-state index in [1.165, 1.54) is 38.5 Å². The Bertz CT molecular complexity index is 1300. The maximum atomic E-state index is 4.94. The summed E-state index contributed by atoms with van der Waals surface area (Å²) in [5.41, 5.74) is 2.65. The van der Waals surface area contributed by atoms with Crippen molar-refractivity contribution in [2.24, 2.45) is 4.99 Å². The van der Waals surface area contributed by atoms with E-state index in [4.69, 9.17) is 4.99 Å². The number of fused-ring (bicyclic) bond motifs is 2. The van der Waals surface area contributed by atoms with Crippen LogP contribution in [0.4, 0.5) is 0 Å². The van der Waals surface area contributed by atoms with Crippen molar-refractivity contribution < 1.29 is 0 Å². The molecule has 4 nitrogen and oxygen atoms in total. The average molecular weight is 421 g/mol. The van der Waals surface area contributed by atoms with E-state index >= 15 is 0 Å². The maximum absolute atomic E-state index is 4.94. The summed E-state index contributed by atoms with van der Waals surface area (Å²) in [6.07, 6.45) is 1.75. The summed E-state index contributed by atoms with van der Waals surface area (Å²) < 4.78 is 0. The minimum Gasteiger partial charge on any atom is -0.327 e. The van der Waals surface area contributed by atoms with Crippen molar-refractivity contribution in [1.82, 2.24) is 15.5 Å². The highest BCUT2D eigenvalue weighted by Gasteiger charge is 2.42. The van der Waals surface area contributed by atoms with Gasteiger partial charge in [-0.15, -0.1) is 0 Å². The first-order chi connectivity index (χ1) is 15.8. The number of hydrogen-bond donors (Lipinski definition) is 2. The largest absolute Gasteiger partial charge is 0.327 e. The summed E-state index contributed by atoms with van der Waals surface area (Å²) in [4.78, 5) is 7.41. The molecular weight excluding hydrogens is 392 g/mol. The second kappa shape index (κ2) is 8.05. The molecule has 0 aliphatic carbocycles. The third-order valence-corrected chi connectivity index (χ3v) is 6.80. The van der Waals surface area contributed by atoms with Crippen molar-refractivity contribution in [1.29, 1.82) is 0 Å². The zero-order chi connectivity index (χ0) is 21.4. The van der Waals surface area contributed by atoms with Gasteiger partial charge in [-0.3, -0.25) is 15.6 Å². The number of hydrogen-bond acceptors (Lipinski definition) is 4. The molecule has 0 spiro atoms. The highest BCUT2D eigenvalue weighted by atomic mass is 15.5. The molecule has 0 unspecified atom stereocenters. The van der Waals surface area contributed by atoms with Gasteiger partial charge in [0.2, 0.25) is 0 Å². The van der Waals surface area contributed by atoms with Crippen molar-refractivity contribution >= 4 is 27.4 Å². The van der Waals surface area contributed by atoms with Gasteiger partial charge in [-0.25, -0.2) is 0 Å². The summed E-state index contributed by atoms with van der Waals surface area (Å²) in [6, 6.07) is 30.8. The number of rotatable bonds is 5. The maximum Gasteiger partial charge on any atom is 0.151 e. The predicted octanol–water partition coefficient (Wildman–Crippen LogP) is 4.34. The third kappa shape index (κ3) is 3.56. The second-order valence-corrected chi connectivity index (χ2v) is 8.88. The van der Waals surface area contributed by atoms with Gasteiger partial charge >= 0.3 is 0 Å². The van der Waals surface area contributed by atoms with E-state index in [2.05, 4.69) is 100 Å². The van der Waals surface area contributed by atoms with Gasteiger partial charge < -0.3 is 4.90 Å². The zero-order valence-corrected chi connectivity index (χ0v) is 18.2. The average Bonchev–Trinajstić information content (AvgIpc) is 3.49. The van der Waals surface area contributed by atoms with Gasteiger partial charge in [0.15, 0.2) is 5.79 Å². The van der Waals surface area contributed by atoms with Crippen molar-refractivity contribution in [2.45, 2.75) is 18.6 Å². The quantitative estimate of drug-likeness (QED) is 0.505. The molecule has 2 heterocycles. The van der Waals surface area contributed by atoms with Crippen LogP contribution in [0.25, 0.3) is 21.5 Å². The molecule has 2 aliphatic rings. The van der Waals surface area contributed by atoms with Crippen molar-refractivity contribution in [3.8, 4) is 0 Å². The van der Waals surface area contributed by atoms with Gasteiger partial charge in [0.25, 0.3) is 0 Å². The topological polar surface area (TPSA) is 39.7 Å². The fraction of sp³-hybridized carbons (Fsp3) is 0.250. The van der Waals surface area contributed by atoms with Gasteiger partial charge in [0.05, 0.1) is 6.54 Å². The molecule has 1 fully saturated rings. The number of nitrogens with zero attached hydrogens (tertiary/aromatic N) is 2. The van der Waals surface area contributed by atoms with Gasteiger partial charge in [-0.1, -0.05) is 84.9 Å². The van der Waals surface area contributed by atoms with Gasteiger partial charge in [-0.2, -0.15) is 0 Å². The summed E-state index contributed by atoms with van der Waals surface area (Å²) in [5, 5.41) is 12.7. The number of nitrogens with one attached hydrogen (secondary N) is 2. The lowest BCUT2D eigenvalue weighted by atomic mass is 10.00. The van der Waals surface area contributed by atoms with E-state index in [1.807, 2.05) is 0 Å². The number of amidine groups is 1. The Morgan fingerprint density at radius 1 is 0.719 bits per heavy atom. The molecule has 32 heavy (non-hydrogen) atoms. The van der Waals surface area contributed by atoms with Crippen molar-refractivity contribution in [3.05, 3.63) is 96.1 Å². The molecule has 1 saturated heterocycles. The van der Waals surface area contributed by atoms with Crippen LogP contribution in [0.5, 0.6) is 0 Å². The molecule has 2 aliphatic heterocycles. The van der Waals surface area contributed by atoms with Crippen LogP contribution in [0.2, 0.25) is 0 Å². The van der Waals surface area contributed by atoms with Crippen molar-refractivity contribution in [3.63, 3.8) is 0 Å². The minimum atomic E-state index is -0.283. The van der Waals surface area contributed by atoms with Crippen LogP contribution >= 0.6 is 0 Å². The van der Waals surface area contributed by atoms with E-state index in [1.54, 1.807) is 0 Å². The molecule has 0 atom stereocenters. The molecule has 0 aromatic heterocycles. The van der Waals surface area contributed by atoms with Crippen molar-refractivity contribution in [2.75, 3.05) is 26.2 Å². The Morgan fingerprint density at radius 3 is 2.00 bits per heavy atom. The van der Waals surface area contributed by atoms with Crippen LogP contribution < -0.4 is 10.6 Å². The Labute approximate surface area is 189 Å². The fourth-order valence-electron chi connectivity index (χ4n) is 5.24. The Balaban J connectivity index is 1.29. The number of aliphatic imine (C=N–C) groups is 1. The van der Waals surface area contributed by atoms with Crippen LogP contribution in [0.15, 0.2) is 89.9 Å². The van der Waals surface area contributed by atoms with E-state index in [9.17, 15) is 0 Å². The third-order valence-electron chi connectivity index (χ3n) is 6.80. The van der Waals surface area contributed by atoms with Crippen LogP contribution in [0, 0.1) is 0 Å². The molecule has 2 N–H and O–H groups in total. The molecule has 160 valence electrons. The lowest BCUT2D eigenvalue weighted by Gasteiger charge is -2.41. The van der Waals surface area contributed by atoms with E-state index in [-0.39, 0.29) is 5.79 Å². The van der Waals surface area contributed by atoms with Gasteiger partial charge in [-0.05, 0) is 32.7 Å². The number of benzene rings is 4. The predicted molar refractivity (Wildman–Crippen MR) is 133 cm³/mol. The van der Waals surface area contributed by atoms with Crippen LogP contribution in [0.3, 0.4) is 0 Å². The summed E-state index contributed by atoms with van der Waals surface area (Å²) in [6.45, 7) is 3.73. The second-order valence-electron chi connectivity index (χ2n) is 8.88. The smallest absolute Gasteiger partial charge is 0.151 e. The molecule has 4 heteroatoms. The van der Waals surface area contributed by atoms with Gasteiger partial charge in [0, 0.05) is 32.5 Å². The molecule has 0 radical (unpaired) electrons. The van der Waals surface area contributed by atoms with E-state index < -0.39 is 0 Å². The van der Waals surface area contributed by atoms with E-state index in [0.29, 0.717) is 0 Å². The first-order valence-electron chi connectivity index (χ1n) is 11.6. The lowest BCUT2D eigenvalue weighted by Crippen LogP contribution is -2.65. The summed E-state index contributed by atoms with van der Waals surface area (Å²) in [7, 11) is 0. The Hall–Kier alpha value is -3.21. The lowest BCUT2D eigenvalue weighted by molar-refractivity contribution is 0.134. The van der Waals surface area contributed by atoms with Gasteiger partial charge in [0.1, 0.15) is 5.84 Å². The van der Waals surface area contributed by atoms with Crippen LogP contribution in [-0.2, 0) is 12.8 Å². The fourth-order valence-corrected chi connectivity index (χ4v) is 5.24. The summed E-state index contributed by atoms with van der Waals surface area (Å²) in [5.74, 6) is 0.886. The monoisotopic (exact) mass is 420 g/mol. The SMILES string of the molecule is c1ccc2cc(CC3=NCCN3C3(Cc4ccc5ccccc5c4)NCCN3)ccc2c1. The van der Waals surface area contributed by atoms with Crippen LogP contribution in [0.1, 0.15) is 11.1 Å². The Kier molecular flexibility index (Phi) is 4.90. The first-order valence-corrected chi connectivity index (χ1v) is 11.6. The summed E-state index contributed by atoms with van der Waals surface area (Å²) >= 11 is 0. The molecule has 0 bridgehead atoms. The molecule has 0 amide bonds. The molecule has 0 saturated carbocycles. The molecular formula is C28H28N4. The van der Waals surface area contributed by atoms with E-state index in [0.717, 1.165) is 39.0 Å². The highest BCUT2D eigenvalue weighted by molar-refractivity contribution is 5.89. The Morgan fingerprint density at radius 2 is 1.31 bits per heavy atom. The highest BCUT2D eigenvalue weighted by Crippen LogP contribution is 2.26.